The van der Waals surface area contributed by atoms with Crippen LogP contribution in [0.2, 0.25) is 5.02 Å². The second-order valence-corrected chi connectivity index (χ2v) is 8.56. The number of benzene rings is 2. The molecule has 0 N–H and O–H groups in total. The second-order valence-electron chi connectivity index (χ2n) is 7.15. The van der Waals surface area contributed by atoms with Crippen LogP contribution in [0.1, 0.15) is 12.0 Å². The van der Waals surface area contributed by atoms with Gasteiger partial charge >= 0.3 is 0 Å². The number of rotatable bonds is 9. The molecule has 1 amide bonds. The molecule has 0 aliphatic carbocycles. The zero-order chi connectivity index (χ0) is 22.5. The molecule has 0 unspecified atom stereocenters. The van der Waals surface area contributed by atoms with Gasteiger partial charge in [0.1, 0.15) is 5.52 Å². The number of aryl methyl sites for hydroxylation is 1. The third kappa shape index (κ3) is 4.87. The van der Waals surface area contributed by atoms with Gasteiger partial charge in [0.25, 0.3) is 0 Å². The van der Waals surface area contributed by atoms with Crippen molar-refractivity contribution in [2.24, 2.45) is 0 Å². The van der Waals surface area contributed by atoms with Crippen LogP contribution in [0.3, 0.4) is 0 Å². The average Bonchev–Trinajstić information content (AvgIpc) is 3.47. The number of amides is 1. The number of ether oxygens (including phenoxy) is 2. The molecule has 9 heteroatoms. The Kier molecular flexibility index (Phi) is 6.92. The summed E-state index contributed by atoms with van der Waals surface area (Å²) in [5.74, 6) is 1.18. The van der Waals surface area contributed by atoms with Crippen LogP contribution in [0.4, 0.5) is 5.13 Å². The fourth-order valence-electron chi connectivity index (χ4n) is 3.44. The first-order valence-electron chi connectivity index (χ1n) is 10.1. The van der Waals surface area contributed by atoms with Crippen molar-refractivity contribution in [3.05, 3.63) is 65.7 Å². The standard InChI is InChI=1S/C23H23ClN4O3S/c1-30-18-8-7-16(13-19(18)31-2)14-21(29)28(11-4-10-27-12-9-25-15-27)23-26-22-17(24)5-3-6-20(22)32-23/h3,5-9,12-13,15H,4,10-11,14H2,1-2H3. The van der Waals surface area contributed by atoms with Gasteiger partial charge in [0.2, 0.25) is 5.91 Å². The molecule has 0 bridgehead atoms. The highest BCUT2D eigenvalue weighted by Crippen LogP contribution is 2.33. The van der Waals surface area contributed by atoms with Crippen LogP contribution < -0.4 is 14.4 Å². The van der Waals surface area contributed by atoms with Gasteiger partial charge in [-0.05, 0) is 36.2 Å². The Morgan fingerprint density at radius 3 is 2.75 bits per heavy atom. The van der Waals surface area contributed by atoms with Crippen LogP contribution >= 0.6 is 22.9 Å². The van der Waals surface area contributed by atoms with E-state index in [2.05, 4.69) is 9.97 Å². The summed E-state index contributed by atoms with van der Waals surface area (Å²) in [7, 11) is 3.17. The predicted molar refractivity (Wildman–Crippen MR) is 127 cm³/mol. The van der Waals surface area contributed by atoms with Crippen molar-refractivity contribution >= 4 is 44.2 Å². The number of imidazole rings is 1. The van der Waals surface area contributed by atoms with Crippen molar-refractivity contribution in [2.75, 3.05) is 25.7 Å². The van der Waals surface area contributed by atoms with E-state index in [9.17, 15) is 4.79 Å². The molecule has 0 saturated heterocycles. The van der Waals surface area contributed by atoms with E-state index in [0.717, 1.165) is 23.2 Å². The van der Waals surface area contributed by atoms with E-state index in [1.54, 1.807) is 31.6 Å². The molecule has 2 aromatic carbocycles. The summed E-state index contributed by atoms with van der Waals surface area (Å²) in [6, 6.07) is 11.2. The van der Waals surface area contributed by atoms with Crippen molar-refractivity contribution < 1.29 is 14.3 Å². The Bertz CT molecular complexity index is 1210. The molecule has 0 aliphatic rings. The van der Waals surface area contributed by atoms with Crippen molar-refractivity contribution in [3.63, 3.8) is 0 Å². The maximum Gasteiger partial charge on any atom is 0.233 e. The number of anilines is 1. The summed E-state index contributed by atoms with van der Waals surface area (Å²) in [5.41, 5.74) is 1.55. The molecule has 0 atom stereocenters. The van der Waals surface area contributed by atoms with Crippen LogP contribution in [0.15, 0.2) is 55.1 Å². The zero-order valence-corrected chi connectivity index (χ0v) is 19.4. The number of thiazole rings is 1. The summed E-state index contributed by atoms with van der Waals surface area (Å²) in [5, 5.41) is 1.22. The third-order valence-corrected chi connectivity index (χ3v) is 6.40. The first-order chi connectivity index (χ1) is 15.6. The lowest BCUT2D eigenvalue weighted by Crippen LogP contribution is -2.33. The summed E-state index contributed by atoms with van der Waals surface area (Å²) >= 11 is 7.79. The number of halogens is 1. The van der Waals surface area contributed by atoms with Gasteiger partial charge < -0.3 is 14.0 Å². The van der Waals surface area contributed by atoms with Gasteiger partial charge in [0.15, 0.2) is 16.6 Å². The molecule has 2 aromatic heterocycles. The third-order valence-electron chi connectivity index (χ3n) is 5.05. The minimum atomic E-state index is -0.0435. The number of carbonyl (C=O) groups is 1. The second kappa shape index (κ2) is 10.0. The number of para-hydroxylation sites is 1. The normalized spacial score (nSPS) is 11.0. The number of nitrogens with zero attached hydrogens (tertiary/aromatic N) is 4. The minimum absolute atomic E-state index is 0.0435. The first kappa shape index (κ1) is 22.1. The molecule has 0 fully saturated rings. The fourth-order valence-corrected chi connectivity index (χ4v) is 4.75. The number of aromatic nitrogens is 3. The molecule has 166 valence electrons. The molecule has 0 spiro atoms. The van der Waals surface area contributed by atoms with Gasteiger partial charge in [-0.25, -0.2) is 9.97 Å². The lowest BCUT2D eigenvalue weighted by atomic mass is 10.1. The topological polar surface area (TPSA) is 69.5 Å². The number of methoxy groups -OCH3 is 2. The maximum atomic E-state index is 13.4. The quantitative estimate of drug-likeness (QED) is 0.350. The predicted octanol–water partition coefficient (Wildman–Crippen LogP) is 4.83. The maximum absolute atomic E-state index is 13.4. The van der Waals surface area contributed by atoms with Crippen LogP contribution in [0.5, 0.6) is 11.5 Å². The minimum Gasteiger partial charge on any atom is -0.493 e. The van der Waals surface area contributed by atoms with Crippen molar-refractivity contribution in [3.8, 4) is 11.5 Å². The Morgan fingerprint density at radius 2 is 2.03 bits per heavy atom. The van der Waals surface area contributed by atoms with E-state index in [0.29, 0.717) is 33.7 Å². The van der Waals surface area contributed by atoms with Crippen LogP contribution in [0.25, 0.3) is 10.2 Å². The SMILES string of the molecule is COc1ccc(CC(=O)N(CCCn2ccnc2)c2nc3c(Cl)cccc3s2)cc1OC. The van der Waals surface area contributed by atoms with Crippen molar-refractivity contribution in [1.82, 2.24) is 14.5 Å². The number of carbonyl (C=O) groups excluding carboxylic acids is 1. The number of hydrogen-bond donors (Lipinski definition) is 0. The molecule has 0 aliphatic heterocycles. The summed E-state index contributed by atoms with van der Waals surface area (Å²) in [6.45, 7) is 1.29. The van der Waals surface area contributed by atoms with Crippen LogP contribution in [0, 0.1) is 0 Å². The van der Waals surface area contributed by atoms with Gasteiger partial charge in [0, 0.05) is 25.5 Å². The van der Waals surface area contributed by atoms with Gasteiger partial charge in [-0.2, -0.15) is 0 Å². The molecule has 0 saturated carbocycles. The lowest BCUT2D eigenvalue weighted by molar-refractivity contribution is -0.118. The van der Waals surface area contributed by atoms with Gasteiger partial charge in [-0.3, -0.25) is 9.69 Å². The van der Waals surface area contributed by atoms with E-state index >= 15 is 0 Å². The molecular weight excluding hydrogens is 448 g/mol. The molecule has 4 aromatic rings. The van der Waals surface area contributed by atoms with E-state index < -0.39 is 0 Å². The number of hydrogen-bond acceptors (Lipinski definition) is 6. The molecule has 32 heavy (non-hydrogen) atoms. The van der Waals surface area contributed by atoms with E-state index in [1.165, 1.54) is 11.3 Å². The fraction of sp³-hybridized carbons (Fsp3) is 0.261. The highest BCUT2D eigenvalue weighted by molar-refractivity contribution is 7.22. The summed E-state index contributed by atoms with van der Waals surface area (Å²) in [4.78, 5) is 23.9. The molecule has 4 rings (SSSR count). The van der Waals surface area contributed by atoms with Crippen LogP contribution in [-0.4, -0.2) is 41.2 Å². The Labute approximate surface area is 195 Å². The highest BCUT2D eigenvalue weighted by Gasteiger charge is 2.21. The largest absolute Gasteiger partial charge is 0.493 e. The van der Waals surface area contributed by atoms with E-state index in [-0.39, 0.29) is 12.3 Å². The molecular formula is C23H23ClN4O3S. The number of fused-ring (bicyclic) bond motifs is 1. The first-order valence-corrected chi connectivity index (χ1v) is 11.3. The van der Waals surface area contributed by atoms with Gasteiger partial charge in [-0.15, -0.1) is 0 Å². The zero-order valence-electron chi connectivity index (χ0n) is 17.8. The molecule has 7 nitrogen and oxygen atoms in total. The average molecular weight is 471 g/mol. The Balaban J connectivity index is 1.58. The molecule has 0 radical (unpaired) electrons. The molecule has 2 heterocycles. The van der Waals surface area contributed by atoms with Crippen molar-refractivity contribution in [2.45, 2.75) is 19.4 Å². The lowest BCUT2D eigenvalue weighted by Gasteiger charge is -2.20. The van der Waals surface area contributed by atoms with E-state index in [1.807, 2.05) is 47.2 Å². The van der Waals surface area contributed by atoms with Crippen molar-refractivity contribution in [1.29, 1.82) is 0 Å². The summed E-state index contributed by atoms with van der Waals surface area (Å²) < 4.78 is 13.6. The van der Waals surface area contributed by atoms with Crippen LogP contribution in [-0.2, 0) is 17.8 Å². The monoisotopic (exact) mass is 470 g/mol. The summed E-state index contributed by atoms with van der Waals surface area (Å²) in [6.07, 6.45) is 6.41. The van der Waals surface area contributed by atoms with Gasteiger partial charge in [0.05, 0.1) is 36.7 Å². The smallest absolute Gasteiger partial charge is 0.233 e. The highest BCUT2D eigenvalue weighted by atomic mass is 35.5. The van der Waals surface area contributed by atoms with Gasteiger partial charge in [-0.1, -0.05) is 35.1 Å². The Hall–Kier alpha value is -3.10. The van der Waals surface area contributed by atoms with E-state index in [4.69, 9.17) is 21.1 Å². The Morgan fingerprint density at radius 1 is 1.19 bits per heavy atom.